The molecule has 1 saturated carbocycles. The quantitative estimate of drug-likeness (QED) is 0.764. The maximum absolute atomic E-state index is 12.5. The van der Waals surface area contributed by atoms with Gasteiger partial charge in [-0.25, -0.2) is 0 Å². The van der Waals surface area contributed by atoms with E-state index in [0.29, 0.717) is 18.2 Å². The van der Waals surface area contributed by atoms with Crippen molar-refractivity contribution in [2.75, 3.05) is 45.9 Å². The first-order valence-electron chi connectivity index (χ1n) is 11.1. The van der Waals surface area contributed by atoms with Crippen LogP contribution in [0.2, 0.25) is 0 Å². The Labute approximate surface area is 178 Å². The Morgan fingerprint density at radius 2 is 1.70 bits per heavy atom. The molecule has 0 aromatic heterocycles. The number of benzene rings is 2. The number of fused-ring (bicyclic) bond motifs is 1. The lowest BCUT2D eigenvalue weighted by Crippen LogP contribution is -2.51. The third-order valence-electron chi connectivity index (χ3n) is 6.23. The Kier molecular flexibility index (Phi) is 6.84. The van der Waals surface area contributed by atoms with Crippen molar-refractivity contribution in [3.05, 3.63) is 42.5 Å². The van der Waals surface area contributed by atoms with E-state index in [2.05, 4.69) is 16.3 Å². The molecule has 4 rings (SSSR count). The maximum Gasteiger partial charge on any atom is 0.257 e. The van der Waals surface area contributed by atoms with Gasteiger partial charge in [0, 0.05) is 45.2 Å². The fourth-order valence-electron chi connectivity index (χ4n) is 4.43. The second kappa shape index (κ2) is 9.94. The molecular formula is C24H31N3O3. The van der Waals surface area contributed by atoms with Crippen LogP contribution >= 0.6 is 0 Å². The van der Waals surface area contributed by atoms with Gasteiger partial charge in [-0.1, -0.05) is 43.2 Å². The average Bonchev–Trinajstić information content (AvgIpc) is 3.32. The van der Waals surface area contributed by atoms with Gasteiger partial charge in [-0.3, -0.25) is 14.5 Å². The van der Waals surface area contributed by atoms with Gasteiger partial charge in [0.25, 0.3) is 5.91 Å². The van der Waals surface area contributed by atoms with Crippen LogP contribution in [0.4, 0.5) is 0 Å². The lowest BCUT2D eigenvalue weighted by atomic mass is 10.1. The average molecular weight is 410 g/mol. The lowest BCUT2D eigenvalue weighted by Gasteiger charge is -2.36. The van der Waals surface area contributed by atoms with E-state index >= 15 is 0 Å². The summed E-state index contributed by atoms with van der Waals surface area (Å²) in [6.45, 7) is 4.76. The molecule has 1 saturated heterocycles. The fraction of sp³-hybridized carbons (Fsp3) is 0.500. The first-order valence-corrected chi connectivity index (χ1v) is 11.1. The molecule has 1 N–H and O–H groups in total. The topological polar surface area (TPSA) is 61.9 Å². The molecule has 160 valence electrons. The van der Waals surface area contributed by atoms with Crippen molar-refractivity contribution in [2.45, 2.75) is 25.7 Å². The zero-order valence-electron chi connectivity index (χ0n) is 17.5. The van der Waals surface area contributed by atoms with Crippen LogP contribution in [-0.4, -0.2) is 67.5 Å². The van der Waals surface area contributed by atoms with Gasteiger partial charge in [0.2, 0.25) is 5.91 Å². The minimum absolute atomic E-state index is 0.0159. The number of piperazine rings is 1. The standard InChI is InChI=1S/C24H31N3O3/c28-23(18-30-22-10-9-19-5-1-4-8-21(19)17-22)25-11-12-26-13-15-27(16-14-26)24(29)20-6-2-3-7-20/h1,4-5,8-10,17,20H,2-3,6-7,11-16,18H2,(H,25,28). The summed E-state index contributed by atoms with van der Waals surface area (Å²) < 4.78 is 5.64. The Morgan fingerprint density at radius 3 is 2.47 bits per heavy atom. The smallest absolute Gasteiger partial charge is 0.257 e. The Balaban J connectivity index is 1.12. The number of rotatable bonds is 7. The summed E-state index contributed by atoms with van der Waals surface area (Å²) in [6.07, 6.45) is 4.51. The number of nitrogens with one attached hydrogen (secondary N) is 1. The van der Waals surface area contributed by atoms with Crippen LogP contribution in [0.5, 0.6) is 5.75 Å². The van der Waals surface area contributed by atoms with E-state index in [9.17, 15) is 9.59 Å². The van der Waals surface area contributed by atoms with Gasteiger partial charge >= 0.3 is 0 Å². The van der Waals surface area contributed by atoms with Gasteiger partial charge < -0.3 is 15.0 Å². The van der Waals surface area contributed by atoms with Crippen molar-refractivity contribution in [2.24, 2.45) is 5.92 Å². The molecule has 0 radical (unpaired) electrons. The predicted octanol–water partition coefficient (Wildman–Crippen LogP) is 2.67. The summed E-state index contributed by atoms with van der Waals surface area (Å²) in [4.78, 5) is 28.9. The van der Waals surface area contributed by atoms with Crippen molar-refractivity contribution >= 4 is 22.6 Å². The molecule has 0 unspecified atom stereocenters. The zero-order chi connectivity index (χ0) is 20.8. The third kappa shape index (κ3) is 5.30. The molecule has 2 amide bonds. The molecule has 2 aromatic rings. The highest BCUT2D eigenvalue weighted by molar-refractivity contribution is 5.84. The lowest BCUT2D eigenvalue weighted by molar-refractivity contribution is -0.137. The molecule has 1 heterocycles. The Bertz CT molecular complexity index is 871. The number of hydrogen-bond acceptors (Lipinski definition) is 4. The first-order chi connectivity index (χ1) is 14.7. The largest absolute Gasteiger partial charge is 0.484 e. The number of carbonyl (C=O) groups excluding carboxylic acids is 2. The summed E-state index contributed by atoms with van der Waals surface area (Å²) in [6, 6.07) is 13.9. The van der Waals surface area contributed by atoms with Crippen molar-refractivity contribution in [1.82, 2.24) is 15.1 Å². The van der Waals surface area contributed by atoms with Crippen molar-refractivity contribution in [3.63, 3.8) is 0 Å². The fourth-order valence-corrected chi connectivity index (χ4v) is 4.43. The molecule has 2 fully saturated rings. The first kappa shape index (κ1) is 20.7. The highest BCUT2D eigenvalue weighted by Gasteiger charge is 2.29. The van der Waals surface area contributed by atoms with Gasteiger partial charge in [-0.15, -0.1) is 0 Å². The van der Waals surface area contributed by atoms with Crippen LogP contribution in [-0.2, 0) is 9.59 Å². The third-order valence-corrected chi connectivity index (χ3v) is 6.23. The second-order valence-electron chi connectivity index (χ2n) is 8.30. The Hall–Kier alpha value is -2.60. The predicted molar refractivity (Wildman–Crippen MR) is 117 cm³/mol. The van der Waals surface area contributed by atoms with E-state index in [-0.39, 0.29) is 18.4 Å². The van der Waals surface area contributed by atoms with Crippen LogP contribution in [0.1, 0.15) is 25.7 Å². The molecule has 0 bridgehead atoms. The molecule has 2 aromatic carbocycles. The van der Waals surface area contributed by atoms with Crippen LogP contribution in [0.15, 0.2) is 42.5 Å². The molecule has 6 nitrogen and oxygen atoms in total. The summed E-state index contributed by atoms with van der Waals surface area (Å²) in [5, 5.41) is 5.18. The highest BCUT2D eigenvalue weighted by Crippen LogP contribution is 2.27. The maximum atomic E-state index is 12.5. The van der Waals surface area contributed by atoms with Crippen molar-refractivity contribution < 1.29 is 14.3 Å². The normalized spacial score (nSPS) is 17.9. The number of hydrogen-bond donors (Lipinski definition) is 1. The summed E-state index contributed by atoms with van der Waals surface area (Å²) in [7, 11) is 0. The van der Waals surface area contributed by atoms with E-state index in [0.717, 1.165) is 56.3 Å². The van der Waals surface area contributed by atoms with E-state index < -0.39 is 0 Å². The molecule has 6 heteroatoms. The van der Waals surface area contributed by atoms with Crippen molar-refractivity contribution in [1.29, 1.82) is 0 Å². The van der Waals surface area contributed by atoms with Gasteiger partial charge in [-0.2, -0.15) is 0 Å². The van der Waals surface area contributed by atoms with Crippen LogP contribution in [0.25, 0.3) is 10.8 Å². The number of nitrogens with zero attached hydrogens (tertiary/aromatic N) is 2. The van der Waals surface area contributed by atoms with Gasteiger partial charge in [-0.05, 0) is 35.7 Å². The minimum atomic E-state index is -0.113. The van der Waals surface area contributed by atoms with Crippen LogP contribution in [0, 0.1) is 5.92 Å². The molecule has 0 atom stereocenters. The van der Waals surface area contributed by atoms with E-state index in [4.69, 9.17) is 4.74 Å². The number of carbonyl (C=O) groups is 2. The van der Waals surface area contributed by atoms with E-state index in [1.165, 1.54) is 12.8 Å². The number of amides is 2. The zero-order valence-corrected chi connectivity index (χ0v) is 17.5. The van der Waals surface area contributed by atoms with Crippen molar-refractivity contribution in [3.8, 4) is 5.75 Å². The highest BCUT2D eigenvalue weighted by atomic mass is 16.5. The van der Waals surface area contributed by atoms with E-state index in [1.807, 2.05) is 41.3 Å². The molecule has 1 aliphatic heterocycles. The number of ether oxygens (including phenoxy) is 1. The van der Waals surface area contributed by atoms with Crippen LogP contribution in [0.3, 0.4) is 0 Å². The van der Waals surface area contributed by atoms with Gasteiger partial charge in [0.1, 0.15) is 5.75 Å². The summed E-state index contributed by atoms with van der Waals surface area (Å²) >= 11 is 0. The SMILES string of the molecule is O=C(COc1ccc2ccccc2c1)NCCN1CCN(C(=O)C2CCCC2)CC1. The summed E-state index contributed by atoms with van der Waals surface area (Å²) in [5.74, 6) is 1.20. The van der Waals surface area contributed by atoms with Gasteiger partial charge in [0.05, 0.1) is 0 Å². The van der Waals surface area contributed by atoms with E-state index in [1.54, 1.807) is 0 Å². The summed E-state index contributed by atoms with van der Waals surface area (Å²) in [5.41, 5.74) is 0. The molecule has 2 aliphatic rings. The minimum Gasteiger partial charge on any atom is -0.484 e. The van der Waals surface area contributed by atoms with Crippen LogP contribution < -0.4 is 10.1 Å². The molecule has 30 heavy (non-hydrogen) atoms. The molecular weight excluding hydrogens is 378 g/mol. The Morgan fingerprint density at radius 1 is 0.967 bits per heavy atom. The van der Waals surface area contributed by atoms with Gasteiger partial charge in [0.15, 0.2) is 6.61 Å². The molecule has 1 aliphatic carbocycles. The second-order valence-corrected chi connectivity index (χ2v) is 8.30. The molecule has 0 spiro atoms. The monoisotopic (exact) mass is 409 g/mol.